The fourth-order valence-corrected chi connectivity index (χ4v) is 2.78. The van der Waals surface area contributed by atoms with Gasteiger partial charge in [-0.3, -0.25) is 4.79 Å². The minimum absolute atomic E-state index is 0.360. The van der Waals surface area contributed by atoms with Crippen LogP contribution in [0.2, 0.25) is 0 Å². The normalized spacial score (nSPS) is 43.4. The third-order valence-electron chi connectivity index (χ3n) is 3.38. The monoisotopic (exact) mass is 215 g/mol. The molecule has 0 aromatic carbocycles. The van der Waals surface area contributed by atoms with Gasteiger partial charge in [0.2, 0.25) is 5.91 Å². The van der Waals surface area contributed by atoms with Gasteiger partial charge in [-0.05, 0) is 6.42 Å². The Morgan fingerprint density at radius 1 is 1.27 bits per heavy atom. The minimum Gasteiger partial charge on any atom is -0.480 e. The zero-order chi connectivity index (χ0) is 11.3. The maximum absolute atomic E-state index is 11.3. The number of aliphatic carboxylic acids is 1. The van der Waals surface area contributed by atoms with Crippen molar-refractivity contribution in [2.45, 2.75) is 37.6 Å². The maximum atomic E-state index is 11.3. The number of hydrogen-bond acceptors (Lipinski definition) is 4. The number of hydrogen-bond donors (Lipinski definition) is 3. The van der Waals surface area contributed by atoms with Crippen LogP contribution >= 0.6 is 0 Å². The highest BCUT2D eigenvalue weighted by Gasteiger charge is 2.59. The van der Waals surface area contributed by atoms with Crippen LogP contribution in [0.3, 0.4) is 0 Å². The molecule has 15 heavy (non-hydrogen) atoms. The second-order valence-corrected chi connectivity index (χ2v) is 4.16. The first-order valence-electron chi connectivity index (χ1n) is 4.83. The molecule has 1 heterocycles. The molecule has 0 radical (unpaired) electrons. The predicted octanol–water partition coefficient (Wildman–Crippen LogP) is -1.59. The van der Waals surface area contributed by atoms with Gasteiger partial charge in [0.15, 0.2) is 0 Å². The molecule has 0 spiro atoms. The fourth-order valence-electron chi connectivity index (χ4n) is 2.78. The number of aliphatic hydroxyl groups is 2. The molecule has 2 rings (SSSR count). The van der Waals surface area contributed by atoms with Crippen LogP contribution in [0.15, 0.2) is 0 Å². The number of aliphatic hydroxyl groups excluding tert-OH is 2. The quantitative estimate of drug-likeness (QED) is 0.490. The highest BCUT2D eigenvalue weighted by molar-refractivity contribution is 5.84. The molecule has 6 nitrogen and oxygen atoms in total. The van der Waals surface area contributed by atoms with Crippen molar-refractivity contribution in [1.29, 1.82) is 0 Å². The van der Waals surface area contributed by atoms with Gasteiger partial charge in [0.25, 0.3) is 0 Å². The lowest BCUT2D eigenvalue weighted by atomic mass is 9.95. The van der Waals surface area contributed by atoms with E-state index in [2.05, 4.69) is 0 Å². The van der Waals surface area contributed by atoms with Crippen LogP contribution in [0.1, 0.15) is 13.3 Å². The largest absolute Gasteiger partial charge is 0.480 e. The van der Waals surface area contributed by atoms with Crippen LogP contribution in [0.4, 0.5) is 0 Å². The average molecular weight is 215 g/mol. The lowest BCUT2D eigenvalue weighted by Gasteiger charge is -2.37. The third-order valence-corrected chi connectivity index (χ3v) is 3.38. The standard InChI is InChI=1S/C9H13NO5/c1-3(11)10-5-2-4(6(10)9(14)15)7(12)8(5)13/h4-8,12-13H,2H2,1H3,(H,14,15). The summed E-state index contributed by atoms with van der Waals surface area (Å²) in [6.07, 6.45) is -1.69. The summed E-state index contributed by atoms with van der Waals surface area (Å²) in [6.45, 7) is 1.27. The zero-order valence-corrected chi connectivity index (χ0v) is 8.20. The first-order chi connectivity index (χ1) is 6.95. The van der Waals surface area contributed by atoms with Gasteiger partial charge >= 0.3 is 5.97 Å². The summed E-state index contributed by atoms with van der Waals surface area (Å²) < 4.78 is 0. The lowest BCUT2D eigenvalue weighted by molar-refractivity contribution is -0.160. The van der Waals surface area contributed by atoms with Gasteiger partial charge < -0.3 is 20.2 Å². The first-order valence-corrected chi connectivity index (χ1v) is 4.83. The molecule has 3 N–H and O–H groups in total. The number of amides is 1. The number of likely N-dealkylation sites (tertiary alicyclic amines) is 1. The van der Waals surface area contributed by atoms with Gasteiger partial charge in [0, 0.05) is 12.8 Å². The van der Waals surface area contributed by atoms with Crippen molar-refractivity contribution in [2.75, 3.05) is 0 Å². The van der Waals surface area contributed by atoms with Crippen LogP contribution in [0.25, 0.3) is 0 Å². The Kier molecular flexibility index (Phi) is 2.20. The smallest absolute Gasteiger partial charge is 0.326 e. The Bertz CT molecular complexity index is 288. The summed E-state index contributed by atoms with van der Waals surface area (Å²) in [5, 5.41) is 28.1. The number of rotatable bonds is 1. The minimum atomic E-state index is -1.12. The Hall–Kier alpha value is -1.14. The van der Waals surface area contributed by atoms with Crippen LogP contribution in [-0.2, 0) is 9.59 Å². The van der Waals surface area contributed by atoms with Crippen LogP contribution in [0.5, 0.6) is 0 Å². The number of carboxylic acid groups (broad SMARTS) is 1. The molecule has 1 aliphatic carbocycles. The maximum Gasteiger partial charge on any atom is 0.326 e. The van der Waals surface area contributed by atoms with E-state index in [0.717, 1.165) is 0 Å². The van der Waals surface area contributed by atoms with Crippen LogP contribution in [0, 0.1) is 5.92 Å². The SMILES string of the molecule is CC(=O)N1C2CC(C(O)C2O)C1C(=O)O. The van der Waals surface area contributed by atoms with Gasteiger partial charge in [-0.15, -0.1) is 0 Å². The second-order valence-electron chi connectivity index (χ2n) is 4.16. The van der Waals surface area contributed by atoms with E-state index in [9.17, 15) is 19.8 Å². The molecule has 5 atom stereocenters. The van der Waals surface area contributed by atoms with Crippen molar-refractivity contribution in [3.63, 3.8) is 0 Å². The van der Waals surface area contributed by atoms with Gasteiger partial charge in [0.1, 0.15) is 12.1 Å². The Morgan fingerprint density at radius 3 is 2.33 bits per heavy atom. The highest BCUT2D eigenvalue weighted by atomic mass is 16.4. The molecule has 1 amide bonds. The van der Waals surface area contributed by atoms with E-state index in [0.29, 0.717) is 6.42 Å². The molecule has 2 fully saturated rings. The number of fused-ring (bicyclic) bond motifs is 2. The third kappa shape index (κ3) is 1.25. The second kappa shape index (κ2) is 3.18. The van der Waals surface area contributed by atoms with E-state index < -0.39 is 36.2 Å². The van der Waals surface area contributed by atoms with Gasteiger partial charge in [-0.2, -0.15) is 0 Å². The molecule has 1 saturated carbocycles. The molecule has 5 unspecified atom stereocenters. The Labute approximate surface area is 86.1 Å². The van der Waals surface area contributed by atoms with E-state index in [1.54, 1.807) is 0 Å². The summed E-state index contributed by atoms with van der Waals surface area (Å²) in [7, 11) is 0. The van der Waals surface area contributed by atoms with E-state index in [1.807, 2.05) is 0 Å². The average Bonchev–Trinajstić information content (AvgIpc) is 2.64. The molecular weight excluding hydrogens is 202 g/mol. The van der Waals surface area contributed by atoms with E-state index in [1.165, 1.54) is 11.8 Å². The molecule has 1 saturated heterocycles. The van der Waals surface area contributed by atoms with Crippen molar-refractivity contribution in [2.24, 2.45) is 5.92 Å². The predicted molar refractivity (Wildman–Crippen MR) is 47.9 cm³/mol. The molecule has 84 valence electrons. The Balaban J connectivity index is 2.32. The van der Waals surface area contributed by atoms with Gasteiger partial charge in [-0.1, -0.05) is 0 Å². The fraction of sp³-hybridized carbons (Fsp3) is 0.778. The molecule has 2 bridgehead atoms. The summed E-state index contributed by atoms with van der Waals surface area (Å²) in [6, 6.07) is -1.55. The zero-order valence-electron chi connectivity index (χ0n) is 8.20. The van der Waals surface area contributed by atoms with Crippen molar-refractivity contribution in [3.8, 4) is 0 Å². The summed E-state index contributed by atoms with van der Waals surface area (Å²) in [5.41, 5.74) is 0. The highest BCUT2D eigenvalue weighted by Crippen LogP contribution is 2.42. The molecule has 2 aliphatic rings. The van der Waals surface area contributed by atoms with Crippen molar-refractivity contribution >= 4 is 11.9 Å². The number of carbonyl (C=O) groups excluding carboxylic acids is 1. The van der Waals surface area contributed by atoms with E-state index in [-0.39, 0.29) is 5.91 Å². The van der Waals surface area contributed by atoms with E-state index >= 15 is 0 Å². The first kappa shape index (κ1) is 10.4. The summed E-state index contributed by atoms with van der Waals surface area (Å²) in [4.78, 5) is 23.4. The number of nitrogens with zero attached hydrogens (tertiary/aromatic N) is 1. The number of piperidine rings is 1. The van der Waals surface area contributed by atoms with Crippen molar-refractivity contribution in [3.05, 3.63) is 0 Å². The molecule has 1 aliphatic heterocycles. The summed E-state index contributed by atoms with van der Waals surface area (Å²) in [5.74, 6) is -2.05. The Morgan fingerprint density at radius 2 is 1.87 bits per heavy atom. The number of carbonyl (C=O) groups is 2. The molecule has 0 aromatic heterocycles. The van der Waals surface area contributed by atoms with Crippen molar-refractivity contribution < 1.29 is 24.9 Å². The molecular formula is C9H13NO5. The summed E-state index contributed by atoms with van der Waals surface area (Å²) >= 11 is 0. The van der Waals surface area contributed by atoms with Gasteiger partial charge in [0.05, 0.1) is 12.1 Å². The van der Waals surface area contributed by atoms with Crippen LogP contribution < -0.4 is 0 Å². The molecule has 0 aromatic rings. The van der Waals surface area contributed by atoms with Gasteiger partial charge in [-0.25, -0.2) is 4.79 Å². The topological polar surface area (TPSA) is 98.1 Å². The molecule has 6 heteroatoms. The van der Waals surface area contributed by atoms with Crippen LogP contribution in [-0.4, -0.2) is 56.4 Å². The number of carboxylic acids is 1. The van der Waals surface area contributed by atoms with E-state index in [4.69, 9.17) is 5.11 Å². The lowest BCUT2D eigenvalue weighted by Crippen LogP contribution is -2.57. The van der Waals surface area contributed by atoms with Crippen molar-refractivity contribution in [1.82, 2.24) is 4.90 Å².